The van der Waals surface area contributed by atoms with Crippen LogP contribution in [-0.2, 0) is 9.31 Å². The maximum absolute atomic E-state index is 11.3. The zero-order chi connectivity index (χ0) is 17.1. The third-order valence-corrected chi connectivity index (χ3v) is 4.84. The van der Waals surface area contributed by atoms with Gasteiger partial charge < -0.3 is 9.31 Å². The zero-order valence-corrected chi connectivity index (χ0v) is 14.9. The normalized spacial score (nSPS) is 19.9. The minimum absolute atomic E-state index is 0.354. The molecule has 0 N–H and O–H groups in total. The topological polar surface area (TPSA) is 35.5 Å². The summed E-state index contributed by atoms with van der Waals surface area (Å²) in [6, 6.07) is 7.61. The lowest BCUT2D eigenvalue weighted by Gasteiger charge is -2.32. The van der Waals surface area contributed by atoms with Gasteiger partial charge in [0.1, 0.15) is 0 Å². The molecule has 1 aliphatic rings. The van der Waals surface area contributed by atoms with Crippen LogP contribution in [0.5, 0.6) is 0 Å². The van der Waals surface area contributed by atoms with E-state index < -0.39 is 0 Å². The number of hydrogen-bond acceptors (Lipinski definition) is 3. The molecule has 0 radical (unpaired) electrons. The molecule has 0 atom stereocenters. The minimum atomic E-state index is -0.355. The first-order valence-corrected chi connectivity index (χ1v) is 8.41. The highest BCUT2D eigenvalue weighted by Gasteiger charge is 2.52. The van der Waals surface area contributed by atoms with Gasteiger partial charge in [-0.1, -0.05) is 50.1 Å². The zero-order valence-electron chi connectivity index (χ0n) is 14.9. The van der Waals surface area contributed by atoms with E-state index in [-0.39, 0.29) is 18.3 Å². The molecule has 0 spiro atoms. The highest BCUT2D eigenvalue weighted by atomic mass is 16.7. The molecule has 1 heterocycles. The van der Waals surface area contributed by atoms with Crippen molar-refractivity contribution in [2.75, 3.05) is 0 Å². The molecular formula is C19H27BO3. The number of carbonyl (C=O) groups is 1. The fourth-order valence-electron chi connectivity index (χ4n) is 2.58. The van der Waals surface area contributed by atoms with Gasteiger partial charge in [-0.15, -0.1) is 0 Å². The Morgan fingerprint density at radius 2 is 1.65 bits per heavy atom. The summed E-state index contributed by atoms with van der Waals surface area (Å²) in [7, 11) is -0.355. The first kappa shape index (κ1) is 18.0. The second-order valence-corrected chi connectivity index (χ2v) is 7.16. The molecule has 3 nitrogen and oxygen atoms in total. The number of benzene rings is 1. The van der Waals surface area contributed by atoms with Crippen molar-refractivity contribution in [3.8, 4) is 0 Å². The molecule has 0 aromatic heterocycles. The van der Waals surface area contributed by atoms with Gasteiger partial charge in [0.2, 0.25) is 0 Å². The summed E-state index contributed by atoms with van der Waals surface area (Å²) >= 11 is 0. The van der Waals surface area contributed by atoms with Crippen molar-refractivity contribution >= 4 is 19.5 Å². The molecule has 0 bridgehead atoms. The van der Waals surface area contributed by atoms with Crippen molar-refractivity contribution in [2.24, 2.45) is 0 Å². The highest BCUT2D eigenvalue weighted by Crippen LogP contribution is 2.39. The summed E-state index contributed by atoms with van der Waals surface area (Å²) in [6.45, 7) is 10.4. The van der Waals surface area contributed by atoms with Gasteiger partial charge >= 0.3 is 7.12 Å². The Balaban J connectivity index is 2.35. The molecule has 0 saturated carbocycles. The van der Waals surface area contributed by atoms with Crippen LogP contribution >= 0.6 is 0 Å². The van der Waals surface area contributed by atoms with Crippen LogP contribution in [0.4, 0.5) is 0 Å². The summed E-state index contributed by atoms with van der Waals surface area (Å²) in [5.41, 5.74) is 2.00. The van der Waals surface area contributed by atoms with E-state index in [9.17, 15) is 4.79 Å². The van der Waals surface area contributed by atoms with E-state index in [1.54, 1.807) is 0 Å². The van der Waals surface area contributed by atoms with Gasteiger partial charge in [-0.3, -0.25) is 4.79 Å². The number of hydrogen-bond donors (Lipinski definition) is 0. The van der Waals surface area contributed by atoms with Crippen molar-refractivity contribution in [3.63, 3.8) is 0 Å². The van der Waals surface area contributed by atoms with Gasteiger partial charge in [0.15, 0.2) is 6.29 Å². The van der Waals surface area contributed by atoms with Crippen molar-refractivity contribution in [2.45, 2.75) is 65.1 Å². The lowest BCUT2D eigenvalue weighted by Crippen LogP contribution is -2.41. The summed E-state index contributed by atoms with van der Waals surface area (Å²) in [5.74, 6) is 0. The lowest BCUT2D eigenvalue weighted by molar-refractivity contribution is 0.00578. The number of aldehydes is 1. The Morgan fingerprint density at radius 1 is 1.09 bits per heavy atom. The lowest BCUT2D eigenvalue weighted by atomic mass is 9.74. The largest absolute Gasteiger partial charge is 0.490 e. The molecule has 1 fully saturated rings. The van der Waals surface area contributed by atoms with Crippen LogP contribution in [0.25, 0.3) is 6.08 Å². The third kappa shape index (κ3) is 3.93. The van der Waals surface area contributed by atoms with Crippen LogP contribution in [-0.4, -0.2) is 24.6 Å². The van der Waals surface area contributed by atoms with Gasteiger partial charge in [0.25, 0.3) is 0 Å². The molecule has 1 aromatic rings. The molecule has 0 amide bonds. The van der Waals surface area contributed by atoms with E-state index in [1.807, 2.05) is 24.3 Å². The molecule has 1 saturated heterocycles. The first-order chi connectivity index (χ1) is 10.8. The van der Waals surface area contributed by atoms with Gasteiger partial charge in [-0.25, -0.2) is 0 Å². The quantitative estimate of drug-likeness (QED) is 0.564. The predicted molar refractivity (Wildman–Crippen MR) is 95.4 cm³/mol. The molecule has 4 heteroatoms. The summed E-state index contributed by atoms with van der Waals surface area (Å²) < 4.78 is 12.4. The highest BCUT2D eigenvalue weighted by molar-refractivity contribution is 6.55. The van der Waals surface area contributed by atoms with Crippen LogP contribution in [0.3, 0.4) is 0 Å². The number of rotatable bonds is 6. The van der Waals surface area contributed by atoms with Crippen molar-refractivity contribution in [3.05, 3.63) is 40.9 Å². The molecule has 1 aliphatic heterocycles. The van der Waals surface area contributed by atoms with E-state index in [4.69, 9.17) is 9.31 Å². The average molecular weight is 314 g/mol. The molecule has 23 heavy (non-hydrogen) atoms. The standard InChI is InChI=1S/C19H27BO3/c1-6-7-12-17(13-15-10-8-9-11-16(15)14-21)20-22-18(2,3)19(4,5)23-20/h8-11,13-14H,6-7,12H2,1-5H3/b17-13-. The first-order valence-electron chi connectivity index (χ1n) is 8.41. The number of unbranched alkanes of at least 4 members (excludes halogenated alkanes) is 1. The monoisotopic (exact) mass is 314 g/mol. The van der Waals surface area contributed by atoms with Gasteiger partial charge in [-0.05, 0) is 45.2 Å². The summed E-state index contributed by atoms with van der Waals surface area (Å²) in [5, 5.41) is 0. The number of allylic oxidation sites excluding steroid dienone is 1. The van der Waals surface area contributed by atoms with Crippen LogP contribution in [0.1, 0.15) is 69.8 Å². The van der Waals surface area contributed by atoms with Crippen molar-refractivity contribution in [1.29, 1.82) is 0 Å². The van der Waals surface area contributed by atoms with E-state index in [0.29, 0.717) is 5.56 Å². The minimum Gasteiger partial charge on any atom is -0.400 e. The molecule has 0 aliphatic carbocycles. The number of carbonyl (C=O) groups excluding carboxylic acids is 1. The van der Waals surface area contributed by atoms with Crippen molar-refractivity contribution < 1.29 is 14.1 Å². The van der Waals surface area contributed by atoms with Gasteiger partial charge in [-0.2, -0.15) is 0 Å². The second-order valence-electron chi connectivity index (χ2n) is 7.16. The fourth-order valence-corrected chi connectivity index (χ4v) is 2.58. The Hall–Kier alpha value is -1.39. The maximum atomic E-state index is 11.3. The fraction of sp³-hybridized carbons (Fsp3) is 0.526. The predicted octanol–water partition coefficient (Wildman–Crippen LogP) is 4.70. The van der Waals surface area contributed by atoms with E-state index >= 15 is 0 Å². The SMILES string of the molecule is CCCC/C(=C/c1ccccc1C=O)B1OC(C)(C)C(C)(C)O1. The Bertz CT molecular complexity index is 574. The van der Waals surface area contributed by atoms with Gasteiger partial charge in [0, 0.05) is 5.56 Å². The second kappa shape index (κ2) is 7.02. The molecular weight excluding hydrogens is 287 g/mol. The van der Waals surface area contributed by atoms with Crippen LogP contribution < -0.4 is 0 Å². The van der Waals surface area contributed by atoms with Crippen LogP contribution in [0.2, 0.25) is 0 Å². The Kier molecular flexibility index (Phi) is 5.48. The van der Waals surface area contributed by atoms with E-state index in [2.05, 4.69) is 40.7 Å². The van der Waals surface area contributed by atoms with E-state index in [1.165, 1.54) is 0 Å². The van der Waals surface area contributed by atoms with E-state index in [0.717, 1.165) is 36.6 Å². The summed E-state index contributed by atoms with van der Waals surface area (Å²) in [6.07, 6.45) is 6.03. The maximum Gasteiger partial charge on any atom is 0.490 e. The summed E-state index contributed by atoms with van der Waals surface area (Å²) in [4.78, 5) is 11.3. The molecule has 124 valence electrons. The third-order valence-electron chi connectivity index (χ3n) is 4.84. The Morgan fingerprint density at radius 3 is 2.17 bits per heavy atom. The smallest absolute Gasteiger partial charge is 0.400 e. The molecule has 1 aromatic carbocycles. The molecule has 2 rings (SSSR count). The molecule has 0 unspecified atom stereocenters. The van der Waals surface area contributed by atoms with Crippen LogP contribution in [0, 0.1) is 0 Å². The Labute approximate surface area is 140 Å². The average Bonchev–Trinajstić information content (AvgIpc) is 2.72. The van der Waals surface area contributed by atoms with Crippen molar-refractivity contribution in [1.82, 2.24) is 0 Å². The van der Waals surface area contributed by atoms with Crippen LogP contribution in [0.15, 0.2) is 29.7 Å². The van der Waals surface area contributed by atoms with Gasteiger partial charge in [0.05, 0.1) is 11.2 Å².